The smallest absolute Gasteiger partial charge is 0.303 e. The molecule has 0 aliphatic heterocycles. The van der Waals surface area contributed by atoms with Crippen LogP contribution in [0.5, 0.6) is 5.88 Å². The molecular formula is C19H19F2NO3S. The van der Waals surface area contributed by atoms with E-state index in [1.54, 1.807) is 18.2 Å². The van der Waals surface area contributed by atoms with E-state index in [4.69, 9.17) is 9.84 Å². The number of benzene rings is 1. The molecule has 1 heterocycles. The molecule has 1 saturated carbocycles. The lowest BCUT2D eigenvalue weighted by molar-refractivity contribution is -0.137. The van der Waals surface area contributed by atoms with Crippen molar-refractivity contribution in [3.63, 3.8) is 0 Å². The van der Waals surface area contributed by atoms with Crippen molar-refractivity contribution in [2.75, 3.05) is 12.4 Å². The van der Waals surface area contributed by atoms with Crippen molar-refractivity contribution < 1.29 is 23.4 Å². The molecule has 0 spiro atoms. The maximum absolute atomic E-state index is 14.3. The summed E-state index contributed by atoms with van der Waals surface area (Å²) >= 11 is 0.983. The molecule has 1 aromatic carbocycles. The summed E-state index contributed by atoms with van der Waals surface area (Å²) in [6.45, 7) is 0.616. The van der Waals surface area contributed by atoms with Crippen LogP contribution in [0.1, 0.15) is 25.7 Å². The first kappa shape index (κ1) is 18.6. The van der Waals surface area contributed by atoms with Gasteiger partial charge in [-0.05, 0) is 49.1 Å². The molecule has 0 saturated heterocycles. The summed E-state index contributed by atoms with van der Waals surface area (Å²) in [5, 5.41) is 8.60. The van der Waals surface area contributed by atoms with Crippen LogP contribution in [-0.2, 0) is 4.79 Å². The standard InChI is InChI=1S/C19H19F2NO3S/c20-14-9-13(10-15(21)19(14)26-8-2-5-18(23)24)16-3-1-4-17(22-16)25-11-12-6-7-12/h1,3-4,9-10,12H,2,5-8,11H2,(H,23,24). The number of ether oxygens (including phenoxy) is 1. The van der Waals surface area contributed by atoms with Gasteiger partial charge >= 0.3 is 5.97 Å². The predicted molar refractivity (Wildman–Crippen MR) is 95.4 cm³/mol. The molecule has 1 fully saturated rings. The Morgan fingerprint density at radius 2 is 2.00 bits per heavy atom. The third-order valence-corrected chi connectivity index (χ3v) is 5.13. The first-order chi connectivity index (χ1) is 12.5. The Kier molecular flexibility index (Phi) is 6.08. The molecule has 4 nitrogen and oxygen atoms in total. The van der Waals surface area contributed by atoms with Crippen LogP contribution in [0.4, 0.5) is 8.78 Å². The van der Waals surface area contributed by atoms with Crippen molar-refractivity contribution in [1.82, 2.24) is 4.98 Å². The molecule has 0 radical (unpaired) electrons. The number of nitrogens with zero attached hydrogens (tertiary/aromatic N) is 1. The van der Waals surface area contributed by atoms with Crippen LogP contribution in [-0.4, -0.2) is 28.4 Å². The summed E-state index contributed by atoms with van der Waals surface area (Å²) in [5.74, 6) is -0.896. The fourth-order valence-corrected chi connectivity index (χ4v) is 3.27. The molecule has 2 aromatic rings. The Morgan fingerprint density at radius 1 is 1.27 bits per heavy atom. The van der Waals surface area contributed by atoms with Crippen LogP contribution < -0.4 is 4.74 Å². The van der Waals surface area contributed by atoms with Gasteiger partial charge in [0.1, 0.15) is 11.6 Å². The van der Waals surface area contributed by atoms with Crippen LogP contribution in [0.25, 0.3) is 11.3 Å². The molecule has 1 aromatic heterocycles. The van der Waals surface area contributed by atoms with E-state index < -0.39 is 17.6 Å². The molecule has 0 amide bonds. The van der Waals surface area contributed by atoms with Crippen molar-refractivity contribution in [2.24, 2.45) is 5.92 Å². The molecular weight excluding hydrogens is 360 g/mol. The van der Waals surface area contributed by atoms with Crippen molar-refractivity contribution in [2.45, 2.75) is 30.6 Å². The molecule has 1 aliphatic rings. The van der Waals surface area contributed by atoms with Crippen molar-refractivity contribution in [3.05, 3.63) is 42.0 Å². The van der Waals surface area contributed by atoms with E-state index in [0.29, 0.717) is 41.8 Å². The van der Waals surface area contributed by atoms with Crippen molar-refractivity contribution in [1.29, 1.82) is 0 Å². The first-order valence-corrected chi connectivity index (χ1v) is 9.45. The van der Waals surface area contributed by atoms with Crippen LogP contribution in [0, 0.1) is 17.6 Å². The molecule has 26 heavy (non-hydrogen) atoms. The second-order valence-electron chi connectivity index (χ2n) is 6.23. The van der Waals surface area contributed by atoms with Crippen LogP contribution >= 0.6 is 11.8 Å². The number of carboxylic acid groups (broad SMARTS) is 1. The van der Waals surface area contributed by atoms with Crippen LogP contribution in [0.2, 0.25) is 0 Å². The lowest BCUT2D eigenvalue weighted by Gasteiger charge is -2.09. The van der Waals surface area contributed by atoms with E-state index in [1.807, 2.05) is 0 Å². The highest BCUT2D eigenvalue weighted by molar-refractivity contribution is 7.99. The van der Waals surface area contributed by atoms with Gasteiger partial charge in [0.2, 0.25) is 5.88 Å². The maximum atomic E-state index is 14.3. The van der Waals surface area contributed by atoms with Gasteiger partial charge in [0.05, 0.1) is 17.2 Å². The average Bonchev–Trinajstić information content (AvgIpc) is 3.43. The Labute approximate surface area is 154 Å². The van der Waals surface area contributed by atoms with E-state index >= 15 is 0 Å². The lowest BCUT2D eigenvalue weighted by atomic mass is 10.1. The number of thioether (sulfide) groups is 1. The van der Waals surface area contributed by atoms with Gasteiger partial charge in [-0.1, -0.05) is 6.07 Å². The monoisotopic (exact) mass is 379 g/mol. The molecule has 1 aliphatic carbocycles. The molecule has 7 heteroatoms. The second-order valence-corrected chi connectivity index (χ2v) is 7.34. The minimum atomic E-state index is -0.920. The summed E-state index contributed by atoms with van der Waals surface area (Å²) in [7, 11) is 0. The highest BCUT2D eigenvalue weighted by Gasteiger charge is 2.22. The predicted octanol–water partition coefficient (Wildman–Crippen LogP) is 4.77. The van der Waals surface area contributed by atoms with E-state index in [2.05, 4.69) is 4.98 Å². The molecule has 3 rings (SSSR count). The Hall–Kier alpha value is -2.15. The third-order valence-electron chi connectivity index (χ3n) is 3.96. The Morgan fingerprint density at radius 3 is 2.65 bits per heavy atom. The van der Waals surface area contributed by atoms with Crippen LogP contribution in [0.15, 0.2) is 35.2 Å². The zero-order chi connectivity index (χ0) is 18.5. The van der Waals surface area contributed by atoms with E-state index in [9.17, 15) is 13.6 Å². The number of aromatic nitrogens is 1. The number of hydrogen-bond donors (Lipinski definition) is 1. The van der Waals surface area contributed by atoms with Crippen molar-refractivity contribution in [3.8, 4) is 17.1 Å². The minimum Gasteiger partial charge on any atom is -0.481 e. The summed E-state index contributed by atoms with van der Waals surface area (Å²) in [5.41, 5.74) is 0.783. The highest BCUT2D eigenvalue weighted by atomic mass is 32.2. The largest absolute Gasteiger partial charge is 0.481 e. The fraction of sp³-hybridized carbons (Fsp3) is 0.368. The summed E-state index contributed by atoms with van der Waals surface area (Å²) in [6.07, 6.45) is 2.66. The van der Waals surface area contributed by atoms with Gasteiger partial charge in [-0.3, -0.25) is 4.79 Å². The first-order valence-electron chi connectivity index (χ1n) is 8.47. The van der Waals surface area contributed by atoms with E-state index in [-0.39, 0.29) is 11.3 Å². The maximum Gasteiger partial charge on any atom is 0.303 e. The van der Waals surface area contributed by atoms with Gasteiger partial charge in [-0.25, -0.2) is 13.8 Å². The average molecular weight is 379 g/mol. The topological polar surface area (TPSA) is 59.4 Å². The SMILES string of the molecule is O=C(O)CCCSc1c(F)cc(-c2cccc(OCC3CC3)n2)cc1F. The van der Waals surface area contributed by atoms with Gasteiger partial charge in [0, 0.05) is 18.1 Å². The van der Waals surface area contributed by atoms with Gasteiger partial charge in [0.15, 0.2) is 0 Å². The second kappa shape index (κ2) is 8.49. The number of aliphatic carboxylic acids is 1. The van der Waals surface area contributed by atoms with Gasteiger partial charge < -0.3 is 9.84 Å². The van der Waals surface area contributed by atoms with E-state index in [1.165, 1.54) is 25.0 Å². The number of hydrogen-bond acceptors (Lipinski definition) is 4. The van der Waals surface area contributed by atoms with Crippen molar-refractivity contribution >= 4 is 17.7 Å². The number of carboxylic acids is 1. The molecule has 0 atom stereocenters. The zero-order valence-electron chi connectivity index (χ0n) is 14.1. The third kappa shape index (κ3) is 5.17. The molecule has 0 bridgehead atoms. The van der Waals surface area contributed by atoms with E-state index in [0.717, 1.165) is 11.8 Å². The zero-order valence-corrected chi connectivity index (χ0v) is 14.9. The summed E-state index contributed by atoms with van der Waals surface area (Å²) < 4.78 is 34.2. The molecule has 0 unspecified atom stereocenters. The minimum absolute atomic E-state index is 0.0219. The van der Waals surface area contributed by atoms with Gasteiger partial charge in [-0.2, -0.15) is 0 Å². The molecule has 1 N–H and O–H groups in total. The molecule has 138 valence electrons. The summed E-state index contributed by atoms with van der Waals surface area (Å²) in [6, 6.07) is 7.64. The quantitative estimate of drug-likeness (QED) is 0.502. The number of rotatable bonds is 9. The Bertz CT molecular complexity index is 773. The normalized spacial score (nSPS) is 13.6. The van der Waals surface area contributed by atoms with Gasteiger partial charge in [-0.15, -0.1) is 11.8 Å². The number of halogens is 2. The van der Waals surface area contributed by atoms with Gasteiger partial charge in [0.25, 0.3) is 0 Å². The fourth-order valence-electron chi connectivity index (χ4n) is 2.39. The number of carbonyl (C=O) groups is 1. The Balaban J connectivity index is 1.70. The highest BCUT2D eigenvalue weighted by Crippen LogP contribution is 2.32. The lowest BCUT2D eigenvalue weighted by Crippen LogP contribution is -2.01. The van der Waals surface area contributed by atoms with Crippen LogP contribution in [0.3, 0.4) is 0 Å². The summed E-state index contributed by atoms with van der Waals surface area (Å²) in [4.78, 5) is 14.7. The number of pyridine rings is 1.